The number of anilines is 1. The fraction of sp³-hybridized carbons (Fsp3) is 0.308. The molecule has 20 heavy (non-hydrogen) atoms. The van der Waals surface area contributed by atoms with Crippen LogP contribution in [0.1, 0.15) is 13.8 Å². The van der Waals surface area contributed by atoms with Gasteiger partial charge >= 0.3 is 0 Å². The van der Waals surface area contributed by atoms with E-state index in [1.54, 1.807) is 4.40 Å². The molecule has 0 atom stereocenters. The van der Waals surface area contributed by atoms with E-state index >= 15 is 0 Å². The van der Waals surface area contributed by atoms with Gasteiger partial charge in [-0.3, -0.25) is 4.40 Å². The topological polar surface area (TPSA) is 46.3 Å². The number of rotatable bonds is 3. The molecule has 5 nitrogen and oxygen atoms in total. The Labute approximate surface area is 113 Å². The highest BCUT2D eigenvalue weighted by molar-refractivity contribution is 5.83. The molecule has 0 N–H and O–H groups in total. The van der Waals surface area contributed by atoms with Crippen molar-refractivity contribution in [3.8, 4) is 0 Å². The Morgan fingerprint density at radius 2 is 1.85 bits per heavy atom. The summed E-state index contributed by atoms with van der Waals surface area (Å²) in [5.74, 6) is -1.21. The highest BCUT2D eigenvalue weighted by Gasteiger charge is 2.16. The van der Waals surface area contributed by atoms with Gasteiger partial charge in [-0.1, -0.05) is 0 Å². The number of hydrogen-bond donors (Lipinski definition) is 0. The summed E-state index contributed by atoms with van der Waals surface area (Å²) < 4.78 is 28.4. The van der Waals surface area contributed by atoms with E-state index in [9.17, 15) is 8.78 Å². The van der Waals surface area contributed by atoms with Crippen molar-refractivity contribution in [3.63, 3.8) is 0 Å². The van der Waals surface area contributed by atoms with Crippen LogP contribution in [0.5, 0.6) is 0 Å². The maximum atomic E-state index is 13.4. The largest absolute Gasteiger partial charge is 0.354 e. The van der Waals surface area contributed by atoms with Crippen LogP contribution in [-0.2, 0) is 0 Å². The van der Waals surface area contributed by atoms with Gasteiger partial charge in [0.05, 0.1) is 11.0 Å². The van der Waals surface area contributed by atoms with Gasteiger partial charge in [0, 0.05) is 25.2 Å². The van der Waals surface area contributed by atoms with Crippen molar-refractivity contribution in [2.75, 3.05) is 18.0 Å². The summed E-state index contributed by atoms with van der Waals surface area (Å²) >= 11 is 0. The van der Waals surface area contributed by atoms with E-state index in [1.807, 2.05) is 18.7 Å². The first-order valence-electron chi connectivity index (χ1n) is 6.39. The van der Waals surface area contributed by atoms with Crippen LogP contribution in [0.25, 0.3) is 16.7 Å². The van der Waals surface area contributed by atoms with Crippen molar-refractivity contribution in [1.29, 1.82) is 0 Å². The van der Waals surface area contributed by atoms with Gasteiger partial charge in [0.2, 0.25) is 5.65 Å². The highest BCUT2D eigenvalue weighted by Crippen LogP contribution is 2.24. The number of fused-ring (bicyclic) bond motifs is 3. The van der Waals surface area contributed by atoms with E-state index in [0.717, 1.165) is 25.2 Å². The second-order valence-electron chi connectivity index (χ2n) is 4.39. The summed E-state index contributed by atoms with van der Waals surface area (Å²) in [6, 6.07) is 2.21. The third-order valence-corrected chi connectivity index (χ3v) is 3.31. The Balaban J connectivity index is 2.40. The highest BCUT2D eigenvalue weighted by atomic mass is 19.2. The molecule has 2 heterocycles. The summed E-state index contributed by atoms with van der Waals surface area (Å²) in [6.07, 6.45) is 1.48. The summed E-state index contributed by atoms with van der Waals surface area (Å²) in [5.41, 5.74) is 1.35. The summed E-state index contributed by atoms with van der Waals surface area (Å²) in [6.45, 7) is 5.46. The normalized spacial score (nSPS) is 11.4. The molecule has 0 radical (unpaired) electrons. The average Bonchev–Trinajstić information content (AvgIpc) is 2.92. The molecule has 7 heteroatoms. The molecule has 0 fully saturated rings. The maximum absolute atomic E-state index is 13.4. The number of hydrogen-bond acceptors (Lipinski definition) is 4. The van der Waals surface area contributed by atoms with Gasteiger partial charge in [-0.2, -0.15) is 0 Å². The molecule has 0 bridgehead atoms. The van der Waals surface area contributed by atoms with Crippen molar-refractivity contribution < 1.29 is 8.78 Å². The Bertz CT molecular complexity index is 779. The van der Waals surface area contributed by atoms with E-state index in [-0.39, 0.29) is 0 Å². The van der Waals surface area contributed by atoms with Crippen LogP contribution in [0, 0.1) is 11.6 Å². The molecule has 0 saturated carbocycles. The molecule has 3 rings (SSSR count). The van der Waals surface area contributed by atoms with Gasteiger partial charge in [0.25, 0.3) is 0 Å². The Morgan fingerprint density at radius 3 is 2.55 bits per heavy atom. The Hall–Kier alpha value is -2.31. The van der Waals surface area contributed by atoms with E-state index in [4.69, 9.17) is 0 Å². The van der Waals surface area contributed by atoms with Crippen LogP contribution in [0.2, 0.25) is 0 Å². The lowest BCUT2D eigenvalue weighted by Crippen LogP contribution is -2.24. The monoisotopic (exact) mass is 277 g/mol. The lowest BCUT2D eigenvalue weighted by atomic mass is 10.2. The molecule has 0 aliphatic rings. The van der Waals surface area contributed by atoms with Crippen LogP contribution in [-0.4, -0.2) is 32.7 Å². The SMILES string of the molecule is CCN(CC)c1nc2cc(F)c(F)cc2n2cnnc12. The van der Waals surface area contributed by atoms with Crippen LogP contribution in [0.4, 0.5) is 14.6 Å². The van der Waals surface area contributed by atoms with E-state index in [1.165, 1.54) is 6.33 Å². The first-order valence-corrected chi connectivity index (χ1v) is 6.39. The molecule has 104 valence electrons. The zero-order chi connectivity index (χ0) is 14.3. The molecule has 1 aromatic carbocycles. The van der Waals surface area contributed by atoms with Crippen LogP contribution >= 0.6 is 0 Å². The first-order chi connectivity index (χ1) is 9.65. The molecule has 2 aromatic heterocycles. The van der Waals surface area contributed by atoms with Crippen LogP contribution in [0.15, 0.2) is 18.5 Å². The number of halogens is 2. The van der Waals surface area contributed by atoms with E-state index < -0.39 is 11.6 Å². The summed E-state index contributed by atoms with van der Waals surface area (Å²) in [7, 11) is 0. The van der Waals surface area contributed by atoms with Crippen molar-refractivity contribution in [2.24, 2.45) is 0 Å². The fourth-order valence-corrected chi connectivity index (χ4v) is 2.27. The second-order valence-corrected chi connectivity index (χ2v) is 4.39. The molecule has 0 amide bonds. The minimum absolute atomic E-state index is 0.373. The van der Waals surface area contributed by atoms with Gasteiger partial charge in [0.15, 0.2) is 17.5 Å². The zero-order valence-electron chi connectivity index (χ0n) is 11.1. The number of nitrogens with zero attached hydrogens (tertiary/aromatic N) is 5. The van der Waals surface area contributed by atoms with Gasteiger partial charge in [-0.25, -0.2) is 13.8 Å². The van der Waals surface area contributed by atoms with Crippen LogP contribution < -0.4 is 4.90 Å². The Kier molecular flexibility index (Phi) is 2.96. The lowest BCUT2D eigenvalue weighted by molar-refractivity contribution is 0.510. The third kappa shape index (κ3) is 1.77. The Morgan fingerprint density at radius 1 is 1.15 bits per heavy atom. The first kappa shape index (κ1) is 12.7. The summed E-state index contributed by atoms with van der Waals surface area (Å²) in [5, 5.41) is 7.88. The van der Waals surface area contributed by atoms with Gasteiger partial charge in [0.1, 0.15) is 6.33 Å². The smallest absolute Gasteiger partial charge is 0.204 e. The van der Waals surface area contributed by atoms with Crippen molar-refractivity contribution >= 4 is 22.5 Å². The molecule has 0 aliphatic carbocycles. The van der Waals surface area contributed by atoms with Gasteiger partial charge < -0.3 is 4.90 Å². The number of benzene rings is 1. The number of aromatic nitrogens is 4. The zero-order valence-corrected chi connectivity index (χ0v) is 11.1. The summed E-state index contributed by atoms with van der Waals surface area (Å²) in [4.78, 5) is 6.41. The van der Waals surface area contributed by atoms with Gasteiger partial charge in [-0.15, -0.1) is 10.2 Å². The van der Waals surface area contributed by atoms with Crippen molar-refractivity contribution in [1.82, 2.24) is 19.6 Å². The third-order valence-electron chi connectivity index (χ3n) is 3.31. The standard InChI is InChI=1S/C13H13F2N5/c1-3-19(4-2)12-13-18-16-7-20(13)11-6-9(15)8(14)5-10(11)17-12/h5-7H,3-4H2,1-2H3. The minimum atomic E-state index is -0.914. The molecule has 0 saturated heterocycles. The fourth-order valence-electron chi connectivity index (χ4n) is 2.27. The van der Waals surface area contributed by atoms with Crippen molar-refractivity contribution in [2.45, 2.75) is 13.8 Å². The van der Waals surface area contributed by atoms with E-state index in [0.29, 0.717) is 22.5 Å². The van der Waals surface area contributed by atoms with Crippen LogP contribution in [0.3, 0.4) is 0 Å². The maximum Gasteiger partial charge on any atom is 0.204 e. The lowest BCUT2D eigenvalue weighted by Gasteiger charge is -2.20. The van der Waals surface area contributed by atoms with Crippen molar-refractivity contribution in [3.05, 3.63) is 30.1 Å². The van der Waals surface area contributed by atoms with E-state index in [2.05, 4.69) is 15.2 Å². The predicted octanol–water partition coefficient (Wildman–Crippen LogP) is 2.40. The molecule has 0 spiro atoms. The quantitative estimate of drug-likeness (QED) is 0.737. The molecular formula is C13H13F2N5. The molecule has 0 aliphatic heterocycles. The molecule has 0 unspecified atom stereocenters. The molecular weight excluding hydrogens is 264 g/mol. The predicted molar refractivity (Wildman–Crippen MR) is 71.8 cm³/mol. The van der Waals surface area contributed by atoms with Gasteiger partial charge in [-0.05, 0) is 13.8 Å². The second kappa shape index (κ2) is 4.66. The minimum Gasteiger partial charge on any atom is -0.354 e. The molecule has 3 aromatic rings. The average molecular weight is 277 g/mol.